The van der Waals surface area contributed by atoms with E-state index in [2.05, 4.69) is 4.98 Å². The molecule has 0 aliphatic carbocycles. The minimum Gasteiger partial charge on any atom is -0.377 e. The highest BCUT2D eigenvalue weighted by Gasteiger charge is 2.40. The van der Waals surface area contributed by atoms with Crippen LogP contribution in [0.3, 0.4) is 0 Å². The van der Waals surface area contributed by atoms with E-state index in [1.54, 1.807) is 18.3 Å². The Morgan fingerprint density at radius 3 is 2.64 bits per heavy atom. The molecular formula is C8H12NO4P. The second-order valence-electron chi connectivity index (χ2n) is 3.30. The average molecular weight is 217 g/mol. The molecule has 0 radical (unpaired) electrons. The molecule has 0 saturated carbocycles. The number of hydrogen-bond donors (Lipinski definition) is 3. The molecule has 1 unspecified atom stereocenters. The van der Waals surface area contributed by atoms with Crippen molar-refractivity contribution >= 4 is 7.60 Å². The van der Waals surface area contributed by atoms with Gasteiger partial charge in [-0.3, -0.25) is 9.55 Å². The van der Waals surface area contributed by atoms with Crippen LogP contribution >= 0.6 is 7.60 Å². The summed E-state index contributed by atoms with van der Waals surface area (Å²) in [6, 6.07) is 3.29. The molecule has 1 rings (SSSR count). The Kier molecular flexibility index (Phi) is 3.07. The van der Waals surface area contributed by atoms with Crippen LogP contribution in [0.5, 0.6) is 0 Å². The molecule has 1 aromatic heterocycles. The van der Waals surface area contributed by atoms with Gasteiger partial charge >= 0.3 is 7.60 Å². The summed E-state index contributed by atoms with van der Waals surface area (Å²) in [7, 11) is -4.51. The van der Waals surface area contributed by atoms with Crippen LogP contribution < -0.4 is 0 Å². The van der Waals surface area contributed by atoms with Gasteiger partial charge in [0.1, 0.15) is 0 Å². The number of aromatic nitrogens is 1. The first-order valence-electron chi connectivity index (χ1n) is 4.00. The van der Waals surface area contributed by atoms with Crippen molar-refractivity contribution in [3.8, 4) is 0 Å². The number of hydrogen-bond acceptors (Lipinski definition) is 3. The van der Waals surface area contributed by atoms with E-state index in [1.807, 2.05) is 0 Å². The highest BCUT2D eigenvalue weighted by Crippen LogP contribution is 2.49. The van der Waals surface area contributed by atoms with Crippen LogP contribution in [0.4, 0.5) is 0 Å². The molecule has 1 heterocycles. The van der Waals surface area contributed by atoms with Gasteiger partial charge in [-0.15, -0.1) is 0 Å². The maximum Gasteiger partial charge on any atom is 0.356 e. The first-order valence-corrected chi connectivity index (χ1v) is 5.61. The number of nitrogens with zero attached hydrogens (tertiary/aromatic N) is 1. The van der Waals surface area contributed by atoms with Crippen molar-refractivity contribution in [1.29, 1.82) is 0 Å². The predicted octanol–water partition coefficient (Wildman–Crippen LogP) is 0.510. The molecule has 6 heteroatoms. The summed E-state index contributed by atoms with van der Waals surface area (Å²) in [4.78, 5) is 21.5. The van der Waals surface area contributed by atoms with Gasteiger partial charge in [0.25, 0.3) is 0 Å². The second kappa shape index (κ2) is 3.79. The predicted molar refractivity (Wildman–Crippen MR) is 50.6 cm³/mol. The molecule has 5 nitrogen and oxygen atoms in total. The first-order chi connectivity index (χ1) is 6.33. The van der Waals surface area contributed by atoms with Gasteiger partial charge in [0.05, 0.1) is 0 Å². The first kappa shape index (κ1) is 11.3. The van der Waals surface area contributed by atoms with Crippen LogP contribution in [-0.2, 0) is 11.0 Å². The van der Waals surface area contributed by atoms with Gasteiger partial charge < -0.3 is 14.9 Å². The smallest absolute Gasteiger partial charge is 0.356 e. The van der Waals surface area contributed by atoms with Gasteiger partial charge in [-0.2, -0.15) is 0 Å². The molecule has 0 aliphatic heterocycles. The number of pyridine rings is 1. The molecule has 0 aromatic carbocycles. The van der Waals surface area contributed by atoms with E-state index in [9.17, 15) is 9.67 Å². The lowest BCUT2D eigenvalue weighted by Crippen LogP contribution is -2.27. The van der Waals surface area contributed by atoms with Crippen LogP contribution in [0, 0.1) is 0 Å². The third-order valence-corrected chi connectivity index (χ3v) is 3.30. The fourth-order valence-electron chi connectivity index (χ4n) is 0.992. The standard InChI is InChI=1S/C8H12NO4P/c1-8(10,14(11,12)13)5-7-3-2-4-9-6-7/h2-4,6,10H,5H2,1H3,(H2,11,12,13). The molecule has 0 amide bonds. The summed E-state index contributed by atoms with van der Waals surface area (Å²) in [6.07, 6.45) is 2.89. The minimum absolute atomic E-state index is 0.120. The van der Waals surface area contributed by atoms with Crippen molar-refractivity contribution < 1.29 is 19.5 Å². The maximum absolute atomic E-state index is 10.9. The van der Waals surface area contributed by atoms with Crippen LogP contribution in [-0.4, -0.2) is 25.2 Å². The highest BCUT2D eigenvalue weighted by molar-refractivity contribution is 7.53. The second-order valence-corrected chi connectivity index (χ2v) is 5.35. The number of aliphatic hydroxyl groups is 1. The third kappa shape index (κ3) is 2.62. The van der Waals surface area contributed by atoms with Crippen molar-refractivity contribution in [2.75, 3.05) is 0 Å². The highest BCUT2D eigenvalue weighted by atomic mass is 31.2. The van der Waals surface area contributed by atoms with Gasteiger partial charge in [-0.05, 0) is 18.6 Å². The lowest BCUT2D eigenvalue weighted by molar-refractivity contribution is 0.109. The Morgan fingerprint density at radius 2 is 2.21 bits per heavy atom. The molecule has 0 spiro atoms. The Balaban J connectivity index is 2.85. The Bertz CT molecular complexity index is 346. The molecule has 3 N–H and O–H groups in total. The van der Waals surface area contributed by atoms with E-state index in [0.29, 0.717) is 5.56 Å². The molecule has 0 aliphatic rings. The van der Waals surface area contributed by atoms with E-state index < -0.39 is 12.9 Å². The van der Waals surface area contributed by atoms with Gasteiger partial charge in [0.2, 0.25) is 0 Å². The van der Waals surface area contributed by atoms with Crippen LogP contribution in [0.25, 0.3) is 0 Å². The van der Waals surface area contributed by atoms with Crippen molar-refractivity contribution in [3.05, 3.63) is 30.1 Å². The lowest BCUT2D eigenvalue weighted by atomic mass is 10.1. The SMILES string of the molecule is CC(O)(Cc1cccnc1)P(=O)(O)O. The van der Waals surface area contributed by atoms with E-state index >= 15 is 0 Å². The van der Waals surface area contributed by atoms with Crippen molar-refractivity contribution in [2.24, 2.45) is 0 Å². The fraction of sp³-hybridized carbons (Fsp3) is 0.375. The molecule has 0 fully saturated rings. The summed E-state index contributed by atoms with van der Waals surface area (Å²) >= 11 is 0. The quantitative estimate of drug-likeness (QED) is 0.642. The summed E-state index contributed by atoms with van der Waals surface area (Å²) < 4.78 is 10.9. The van der Waals surface area contributed by atoms with Crippen LogP contribution in [0.15, 0.2) is 24.5 Å². The lowest BCUT2D eigenvalue weighted by Gasteiger charge is -2.23. The van der Waals surface area contributed by atoms with Gasteiger partial charge in [-0.25, -0.2) is 0 Å². The Labute approximate surface area is 81.6 Å². The zero-order valence-corrected chi connectivity index (χ0v) is 8.56. The average Bonchev–Trinajstić information content (AvgIpc) is 2.03. The zero-order valence-electron chi connectivity index (χ0n) is 7.66. The minimum atomic E-state index is -4.51. The van der Waals surface area contributed by atoms with Crippen molar-refractivity contribution in [1.82, 2.24) is 4.98 Å². The molecule has 0 bridgehead atoms. The zero-order chi connectivity index (χ0) is 10.8. The van der Waals surface area contributed by atoms with Crippen molar-refractivity contribution in [3.63, 3.8) is 0 Å². The monoisotopic (exact) mass is 217 g/mol. The van der Waals surface area contributed by atoms with E-state index in [0.717, 1.165) is 6.92 Å². The topological polar surface area (TPSA) is 90.7 Å². The fourth-order valence-corrected chi connectivity index (χ4v) is 1.38. The molecular weight excluding hydrogens is 205 g/mol. The summed E-state index contributed by atoms with van der Waals surface area (Å²) in [5, 5.41) is 7.48. The van der Waals surface area contributed by atoms with Crippen LogP contribution in [0.1, 0.15) is 12.5 Å². The normalized spacial score (nSPS) is 16.3. The molecule has 14 heavy (non-hydrogen) atoms. The summed E-state index contributed by atoms with van der Waals surface area (Å²) in [5.74, 6) is 0. The van der Waals surface area contributed by atoms with E-state index in [1.165, 1.54) is 6.20 Å². The third-order valence-electron chi connectivity index (χ3n) is 1.89. The Hall–Kier alpha value is -0.740. The molecule has 1 aromatic rings. The van der Waals surface area contributed by atoms with Crippen LogP contribution in [0.2, 0.25) is 0 Å². The van der Waals surface area contributed by atoms with Gasteiger partial charge in [-0.1, -0.05) is 6.07 Å². The van der Waals surface area contributed by atoms with E-state index in [4.69, 9.17) is 9.79 Å². The summed E-state index contributed by atoms with van der Waals surface area (Å²) in [6.45, 7) is 1.11. The molecule has 78 valence electrons. The summed E-state index contributed by atoms with van der Waals surface area (Å²) in [5.41, 5.74) is 0.584. The molecule has 1 atom stereocenters. The molecule has 0 saturated heterocycles. The van der Waals surface area contributed by atoms with Gasteiger partial charge in [0, 0.05) is 18.8 Å². The van der Waals surface area contributed by atoms with Gasteiger partial charge in [0.15, 0.2) is 5.34 Å². The van der Waals surface area contributed by atoms with E-state index in [-0.39, 0.29) is 6.42 Å². The largest absolute Gasteiger partial charge is 0.377 e. The number of rotatable bonds is 3. The Morgan fingerprint density at radius 1 is 1.57 bits per heavy atom. The maximum atomic E-state index is 10.9. The van der Waals surface area contributed by atoms with Crippen molar-refractivity contribution in [2.45, 2.75) is 18.7 Å².